The van der Waals surface area contributed by atoms with Crippen molar-refractivity contribution < 1.29 is 9.53 Å². The molecule has 0 saturated carbocycles. The van der Waals surface area contributed by atoms with Gasteiger partial charge in [0.05, 0.1) is 24.4 Å². The molecular formula is C13H23N3O2. The molecule has 0 radical (unpaired) electrons. The molecule has 5 heteroatoms. The van der Waals surface area contributed by atoms with E-state index in [0.717, 1.165) is 18.8 Å². The molecule has 0 aromatic carbocycles. The van der Waals surface area contributed by atoms with E-state index in [-0.39, 0.29) is 5.97 Å². The Labute approximate surface area is 109 Å². The average molecular weight is 253 g/mol. The third-order valence-corrected chi connectivity index (χ3v) is 2.72. The highest BCUT2D eigenvalue weighted by Gasteiger charge is 2.09. The van der Waals surface area contributed by atoms with Crippen molar-refractivity contribution in [1.82, 2.24) is 14.7 Å². The van der Waals surface area contributed by atoms with Crippen LogP contribution in [0.4, 0.5) is 0 Å². The number of nitrogens with zero attached hydrogens (tertiary/aromatic N) is 3. The van der Waals surface area contributed by atoms with Gasteiger partial charge in [0, 0.05) is 19.6 Å². The average Bonchev–Trinajstić information content (AvgIpc) is 2.67. The molecule has 0 fully saturated rings. The summed E-state index contributed by atoms with van der Waals surface area (Å²) >= 11 is 0. The Morgan fingerprint density at radius 3 is 2.83 bits per heavy atom. The Balaban J connectivity index is 2.44. The van der Waals surface area contributed by atoms with Crippen molar-refractivity contribution in [3.63, 3.8) is 0 Å². The fraction of sp³-hybridized carbons (Fsp3) is 0.692. The Hall–Kier alpha value is -1.36. The first kappa shape index (κ1) is 14.7. The van der Waals surface area contributed by atoms with Crippen LogP contribution >= 0.6 is 0 Å². The van der Waals surface area contributed by atoms with Crippen LogP contribution in [0, 0.1) is 6.92 Å². The third kappa shape index (κ3) is 4.49. The molecule has 0 aliphatic carbocycles. The zero-order valence-electron chi connectivity index (χ0n) is 11.8. The van der Waals surface area contributed by atoms with Gasteiger partial charge in [0.15, 0.2) is 0 Å². The van der Waals surface area contributed by atoms with Gasteiger partial charge in [0.25, 0.3) is 0 Å². The summed E-state index contributed by atoms with van der Waals surface area (Å²) in [6.07, 6.45) is 0.434. The van der Waals surface area contributed by atoms with E-state index in [9.17, 15) is 4.79 Å². The van der Waals surface area contributed by atoms with Crippen LogP contribution in [0.2, 0.25) is 0 Å². The first-order chi connectivity index (χ1) is 8.56. The van der Waals surface area contributed by atoms with Crippen molar-refractivity contribution >= 4 is 5.97 Å². The molecule has 0 saturated heterocycles. The van der Waals surface area contributed by atoms with Crippen LogP contribution in [0.1, 0.15) is 31.7 Å². The molecular weight excluding hydrogens is 230 g/mol. The molecule has 1 aromatic heterocycles. The number of aryl methyl sites for hydroxylation is 2. The highest BCUT2D eigenvalue weighted by atomic mass is 16.5. The molecule has 5 nitrogen and oxygen atoms in total. The topological polar surface area (TPSA) is 47.4 Å². The highest BCUT2D eigenvalue weighted by molar-refractivity contribution is 5.69. The lowest BCUT2D eigenvalue weighted by Gasteiger charge is -2.16. The monoisotopic (exact) mass is 253 g/mol. The van der Waals surface area contributed by atoms with Crippen molar-refractivity contribution in [2.75, 3.05) is 20.2 Å². The molecule has 1 heterocycles. The Morgan fingerprint density at radius 2 is 2.22 bits per heavy atom. The van der Waals surface area contributed by atoms with E-state index in [4.69, 9.17) is 4.74 Å². The molecule has 0 N–H and O–H groups in total. The summed E-state index contributed by atoms with van der Waals surface area (Å²) in [5.41, 5.74) is 2.21. The fourth-order valence-electron chi connectivity index (χ4n) is 1.87. The molecule has 18 heavy (non-hydrogen) atoms. The maximum atomic E-state index is 11.3. The summed E-state index contributed by atoms with van der Waals surface area (Å²) in [6, 6.07) is 2.09. The Morgan fingerprint density at radius 1 is 1.50 bits per heavy atom. The number of hydrogen-bond donors (Lipinski definition) is 0. The van der Waals surface area contributed by atoms with E-state index in [2.05, 4.69) is 23.0 Å². The van der Waals surface area contributed by atoms with Gasteiger partial charge in [-0.3, -0.25) is 14.4 Å². The van der Waals surface area contributed by atoms with Gasteiger partial charge >= 0.3 is 5.97 Å². The maximum absolute atomic E-state index is 11.3. The summed E-state index contributed by atoms with van der Waals surface area (Å²) < 4.78 is 6.90. The van der Waals surface area contributed by atoms with Crippen LogP contribution in [0.3, 0.4) is 0 Å². The molecule has 0 atom stereocenters. The lowest BCUT2D eigenvalue weighted by atomic mass is 10.3. The standard InChI is InChI=1S/C13H23N3O2/c1-5-16-12(9-11(3)14-16)10-15(4)8-7-13(17)18-6-2/h9H,5-8,10H2,1-4H3. The van der Waals surface area contributed by atoms with E-state index < -0.39 is 0 Å². The summed E-state index contributed by atoms with van der Waals surface area (Å²) in [5, 5.41) is 4.41. The van der Waals surface area contributed by atoms with Crippen LogP contribution in [0.25, 0.3) is 0 Å². The zero-order valence-corrected chi connectivity index (χ0v) is 11.8. The van der Waals surface area contributed by atoms with Gasteiger partial charge in [-0.1, -0.05) is 0 Å². The van der Waals surface area contributed by atoms with Crippen LogP contribution < -0.4 is 0 Å². The molecule has 1 aromatic rings. The number of esters is 1. The van der Waals surface area contributed by atoms with Crippen molar-refractivity contribution in [3.8, 4) is 0 Å². The minimum atomic E-state index is -0.135. The number of carbonyl (C=O) groups excluding carboxylic acids is 1. The van der Waals surface area contributed by atoms with Gasteiger partial charge in [-0.15, -0.1) is 0 Å². The summed E-state index contributed by atoms with van der Waals surface area (Å²) in [5.74, 6) is -0.135. The second-order valence-corrected chi connectivity index (χ2v) is 4.39. The number of hydrogen-bond acceptors (Lipinski definition) is 4. The molecule has 0 aliphatic rings. The van der Waals surface area contributed by atoms with E-state index in [1.54, 1.807) is 0 Å². The molecule has 0 spiro atoms. The van der Waals surface area contributed by atoms with E-state index in [1.165, 1.54) is 5.69 Å². The maximum Gasteiger partial charge on any atom is 0.307 e. The van der Waals surface area contributed by atoms with Gasteiger partial charge < -0.3 is 4.74 Å². The minimum absolute atomic E-state index is 0.135. The number of rotatable bonds is 7. The SMILES string of the molecule is CCOC(=O)CCN(C)Cc1cc(C)nn1CC. The van der Waals surface area contributed by atoms with Crippen LogP contribution in [0.15, 0.2) is 6.07 Å². The van der Waals surface area contributed by atoms with Crippen LogP contribution in [0.5, 0.6) is 0 Å². The highest BCUT2D eigenvalue weighted by Crippen LogP contribution is 2.07. The lowest BCUT2D eigenvalue weighted by molar-refractivity contribution is -0.143. The number of aromatic nitrogens is 2. The predicted octanol–water partition coefficient (Wildman–Crippen LogP) is 1.60. The van der Waals surface area contributed by atoms with Crippen molar-refractivity contribution in [1.29, 1.82) is 0 Å². The second-order valence-electron chi connectivity index (χ2n) is 4.39. The Bertz CT molecular complexity index is 388. The van der Waals surface area contributed by atoms with Gasteiger partial charge in [-0.25, -0.2) is 0 Å². The zero-order chi connectivity index (χ0) is 13.5. The summed E-state index contributed by atoms with van der Waals surface area (Å²) in [6.45, 7) is 8.72. The van der Waals surface area contributed by atoms with Crippen molar-refractivity contribution in [2.24, 2.45) is 0 Å². The van der Waals surface area contributed by atoms with Crippen LogP contribution in [-0.4, -0.2) is 40.8 Å². The first-order valence-corrected chi connectivity index (χ1v) is 6.44. The lowest BCUT2D eigenvalue weighted by Crippen LogP contribution is -2.23. The van der Waals surface area contributed by atoms with Crippen LogP contribution in [-0.2, 0) is 22.6 Å². The van der Waals surface area contributed by atoms with E-state index >= 15 is 0 Å². The quantitative estimate of drug-likeness (QED) is 0.692. The van der Waals surface area contributed by atoms with Gasteiger partial charge in [-0.05, 0) is 33.9 Å². The van der Waals surface area contributed by atoms with Crippen molar-refractivity contribution in [2.45, 2.75) is 40.3 Å². The largest absolute Gasteiger partial charge is 0.466 e. The number of carbonyl (C=O) groups is 1. The predicted molar refractivity (Wildman–Crippen MR) is 70.2 cm³/mol. The molecule has 0 bridgehead atoms. The summed E-state index contributed by atoms with van der Waals surface area (Å²) in [7, 11) is 2.00. The minimum Gasteiger partial charge on any atom is -0.466 e. The number of ether oxygens (including phenoxy) is 1. The first-order valence-electron chi connectivity index (χ1n) is 6.44. The van der Waals surface area contributed by atoms with Gasteiger partial charge in [0.2, 0.25) is 0 Å². The second kappa shape index (κ2) is 7.16. The molecule has 0 aliphatic heterocycles. The van der Waals surface area contributed by atoms with Gasteiger partial charge in [0.1, 0.15) is 0 Å². The fourth-order valence-corrected chi connectivity index (χ4v) is 1.87. The molecule has 0 unspecified atom stereocenters. The molecule has 0 amide bonds. The van der Waals surface area contributed by atoms with Gasteiger partial charge in [-0.2, -0.15) is 5.10 Å². The van der Waals surface area contributed by atoms with E-state index in [1.807, 2.05) is 25.6 Å². The smallest absolute Gasteiger partial charge is 0.307 e. The molecule has 1 rings (SSSR count). The Kier molecular flexibility index (Phi) is 5.85. The summed E-state index contributed by atoms with van der Waals surface area (Å²) in [4.78, 5) is 13.4. The van der Waals surface area contributed by atoms with E-state index in [0.29, 0.717) is 19.6 Å². The third-order valence-electron chi connectivity index (χ3n) is 2.72. The van der Waals surface area contributed by atoms with Crippen molar-refractivity contribution in [3.05, 3.63) is 17.5 Å². The normalized spacial score (nSPS) is 10.9. The molecule has 102 valence electrons.